The molecule has 6 rings (SSSR count). The number of aromatic amines is 1. The first-order valence-electron chi connectivity index (χ1n) is 12.2. The molecule has 0 aromatic carbocycles. The highest BCUT2D eigenvalue weighted by atomic mass is 32.5. The predicted octanol–water partition coefficient (Wildman–Crippen LogP) is -0.221. The molecule has 3 aliphatic heterocycles. The van der Waals surface area contributed by atoms with Crippen LogP contribution in [0.2, 0.25) is 0 Å². The van der Waals surface area contributed by atoms with Crippen LogP contribution in [0.3, 0.4) is 0 Å². The van der Waals surface area contributed by atoms with Crippen molar-refractivity contribution in [3.8, 4) is 0 Å². The third-order valence-electron chi connectivity index (χ3n) is 6.77. The van der Waals surface area contributed by atoms with Crippen LogP contribution in [0.15, 0.2) is 34.5 Å². The summed E-state index contributed by atoms with van der Waals surface area (Å²) in [5.74, 6) is 0. The molecule has 0 aliphatic carbocycles. The number of hydrogen-bond acceptors (Lipinski definition) is 15. The summed E-state index contributed by atoms with van der Waals surface area (Å²) >= 11 is 4.91. The van der Waals surface area contributed by atoms with Crippen LogP contribution in [0, 0.1) is 6.92 Å². The van der Waals surface area contributed by atoms with E-state index >= 15 is 8.78 Å². The molecule has 244 valence electrons. The Kier molecular flexibility index (Phi) is 9.99. The van der Waals surface area contributed by atoms with Crippen LogP contribution >= 0.6 is 14.5 Å². The number of aromatic nitrogens is 6. The minimum absolute atomic E-state index is 0. The summed E-state index contributed by atoms with van der Waals surface area (Å²) in [5, 5.41) is 0. The van der Waals surface area contributed by atoms with Gasteiger partial charge in [0.25, 0.3) is 13.4 Å². The largest absolute Gasteiger partial charge is 0.780 e. The van der Waals surface area contributed by atoms with Crippen LogP contribution in [-0.2, 0) is 43.9 Å². The second kappa shape index (κ2) is 12.8. The van der Waals surface area contributed by atoms with Crippen molar-refractivity contribution in [2.45, 2.75) is 56.1 Å². The number of alkyl halides is 2. The Morgan fingerprint density at radius 3 is 2.25 bits per heavy atom. The molecule has 6 heterocycles. The lowest BCUT2D eigenvalue weighted by molar-refractivity contribution is -0.238. The molecule has 3 aromatic rings. The lowest BCUT2D eigenvalue weighted by Crippen LogP contribution is -2.39. The fraction of sp³-hybridized carbons (Fsp3) is 0.550. The molecule has 0 saturated carbocycles. The zero-order valence-electron chi connectivity index (χ0n) is 23.1. The third-order valence-corrected chi connectivity index (χ3v) is 9.28. The lowest BCUT2D eigenvalue weighted by Gasteiger charge is -2.36. The summed E-state index contributed by atoms with van der Waals surface area (Å²) in [5.41, 5.74) is -0.805. The number of nitrogens with zero attached hydrogens (tertiary/aromatic N) is 5. The molecule has 0 radical (unpaired) electrons. The lowest BCUT2D eigenvalue weighted by atomic mass is 10.1. The van der Waals surface area contributed by atoms with Crippen LogP contribution < -0.4 is 33.3 Å². The Morgan fingerprint density at radius 1 is 0.977 bits per heavy atom. The number of hydrogen-bond donors (Lipinski definition) is 3. The first-order chi connectivity index (χ1) is 19.8. The first kappa shape index (κ1) is 34.4. The maximum atomic E-state index is 15.8. The summed E-state index contributed by atoms with van der Waals surface area (Å²) in [6.07, 6.45) is -11.3. The zero-order chi connectivity index (χ0) is 30.0. The first-order valence-corrected chi connectivity index (χ1v) is 16.2. The molecule has 3 aliphatic rings. The van der Waals surface area contributed by atoms with E-state index in [4.69, 9.17) is 39.4 Å². The van der Waals surface area contributed by atoms with Gasteiger partial charge in [0.2, 0.25) is 0 Å². The molecule has 0 spiro atoms. The highest BCUT2D eigenvalue weighted by Crippen LogP contribution is 2.51. The van der Waals surface area contributed by atoms with E-state index in [0.717, 1.165) is 12.3 Å². The average Bonchev–Trinajstić information content (AvgIpc) is 3.57. The average molecular weight is 689 g/mol. The van der Waals surface area contributed by atoms with E-state index in [1.54, 1.807) is 6.92 Å². The van der Waals surface area contributed by atoms with Crippen molar-refractivity contribution in [2.75, 3.05) is 13.2 Å². The van der Waals surface area contributed by atoms with Crippen molar-refractivity contribution < 1.29 is 50.7 Å². The number of H-pyrrole nitrogens is 1. The minimum atomic E-state index is -5.36. The number of aryl methyl sites for hydroxylation is 1. The predicted molar refractivity (Wildman–Crippen MR) is 145 cm³/mol. The maximum Gasteiger partial charge on any atom is 0.330 e. The standard InChI is InChI=1S/C20H22F2N6O11P2S.2H3N/c1-8-14-17(24-6-23-8)28(7-25-14)19-12(21)15-10(37-19)5-35-41(33,42)39-16-9(4-34-40(31,32)38-15)36-18(13(16)22)27-3-2-11(29)26-20(27)30;;/h2-3,6-7,9-10,12-13,15-16,18-19H,4-5H2,1H3,(H,31,32)(H,33,42)(H,26,29,30);2*1H3/t9-,10-,12-,13-,15-,16-,18-,19-,41?;;/m1../s1. The molecule has 19 nitrogen and oxygen atoms in total. The van der Waals surface area contributed by atoms with E-state index in [2.05, 4.69) is 15.0 Å². The number of fused-ring (bicyclic) bond motifs is 3. The molecule has 0 amide bonds. The Morgan fingerprint density at radius 2 is 1.59 bits per heavy atom. The molecular weight excluding hydrogens is 660 g/mol. The van der Waals surface area contributed by atoms with Crippen molar-refractivity contribution in [1.29, 1.82) is 0 Å². The quantitative estimate of drug-likeness (QED) is 0.293. The molecular formula is C20H28F2N8O11P2S. The van der Waals surface area contributed by atoms with Gasteiger partial charge in [-0.3, -0.25) is 23.5 Å². The summed E-state index contributed by atoms with van der Waals surface area (Å²) in [6.45, 7) is -4.72. The van der Waals surface area contributed by atoms with Crippen LogP contribution in [0.25, 0.3) is 11.2 Å². The van der Waals surface area contributed by atoms with Crippen LogP contribution in [0.4, 0.5) is 8.78 Å². The highest BCUT2D eigenvalue weighted by Gasteiger charge is 2.52. The number of quaternary nitrogens is 2. The van der Waals surface area contributed by atoms with Crippen molar-refractivity contribution in [2.24, 2.45) is 0 Å². The molecule has 3 saturated heterocycles. The monoisotopic (exact) mass is 688 g/mol. The number of halogens is 2. The van der Waals surface area contributed by atoms with Crippen molar-refractivity contribution in [3.05, 3.63) is 51.4 Å². The van der Waals surface area contributed by atoms with Gasteiger partial charge in [0.05, 0.1) is 25.2 Å². The van der Waals surface area contributed by atoms with Gasteiger partial charge < -0.3 is 49.7 Å². The summed E-state index contributed by atoms with van der Waals surface area (Å²) in [6, 6.07) is 0.917. The topological polar surface area (TPSA) is 290 Å². The molecule has 44 heavy (non-hydrogen) atoms. The Hall–Kier alpha value is -2.43. The summed E-state index contributed by atoms with van der Waals surface area (Å²) in [7, 11) is -5.36. The third kappa shape index (κ3) is 6.44. The number of rotatable bonds is 2. The number of imidazole rings is 1. The van der Waals surface area contributed by atoms with Crippen LogP contribution in [-0.4, -0.2) is 79.0 Å². The Balaban J connectivity index is 0.00000221. The second-order valence-electron chi connectivity index (χ2n) is 9.45. The molecule has 0 bridgehead atoms. The van der Waals surface area contributed by atoms with Gasteiger partial charge >= 0.3 is 5.69 Å². The van der Waals surface area contributed by atoms with Gasteiger partial charge in [0, 0.05) is 12.3 Å². The molecule has 3 fully saturated rings. The van der Waals surface area contributed by atoms with Crippen molar-refractivity contribution in [3.63, 3.8) is 0 Å². The summed E-state index contributed by atoms with van der Waals surface area (Å²) < 4.78 is 77.5. The van der Waals surface area contributed by atoms with E-state index in [-0.39, 0.29) is 17.9 Å². The number of phosphoric acid groups is 1. The van der Waals surface area contributed by atoms with Gasteiger partial charge in [-0.05, 0) is 6.92 Å². The van der Waals surface area contributed by atoms with E-state index in [9.17, 15) is 23.9 Å². The van der Waals surface area contributed by atoms with Gasteiger partial charge in [-0.25, -0.2) is 28.5 Å². The van der Waals surface area contributed by atoms with E-state index in [1.807, 2.05) is 4.98 Å². The van der Waals surface area contributed by atoms with Crippen molar-refractivity contribution in [1.82, 2.24) is 41.4 Å². The van der Waals surface area contributed by atoms with E-state index < -0.39 is 88.2 Å². The van der Waals surface area contributed by atoms with E-state index in [1.165, 1.54) is 17.2 Å². The fourth-order valence-corrected chi connectivity index (χ4v) is 7.19. The minimum Gasteiger partial charge on any atom is -0.780 e. The fourth-order valence-electron chi connectivity index (χ4n) is 4.83. The SMILES string of the molecule is Cc1ncnc2c1ncn2[C@@H]1O[C@@H]2COP([O-])(=S)O[C@H]3[C@@H](F)[C@H](n4ccc(=O)[nH]c4=O)O[C@@H]3COP(=O)([O-])O[C@H]2[C@H]1F.[NH4+].[NH4+]. The molecule has 10 atom stereocenters. The molecule has 24 heteroatoms. The highest BCUT2D eigenvalue weighted by molar-refractivity contribution is 8.06. The smallest absolute Gasteiger partial charge is 0.330 e. The van der Waals surface area contributed by atoms with Crippen molar-refractivity contribution >= 4 is 37.5 Å². The maximum absolute atomic E-state index is 15.8. The van der Waals surface area contributed by atoms with Gasteiger partial charge in [0.15, 0.2) is 30.4 Å². The van der Waals surface area contributed by atoms with Gasteiger partial charge in [-0.1, -0.05) is 11.8 Å². The Labute approximate surface area is 250 Å². The summed E-state index contributed by atoms with van der Waals surface area (Å²) in [4.78, 5) is 63.6. The zero-order valence-corrected chi connectivity index (χ0v) is 25.7. The number of nitrogens with one attached hydrogen (secondary N) is 1. The molecule has 9 N–H and O–H groups in total. The molecule has 3 aromatic heterocycles. The second-order valence-corrected chi connectivity index (χ2v) is 13.5. The van der Waals surface area contributed by atoms with E-state index in [0.29, 0.717) is 15.8 Å². The van der Waals surface area contributed by atoms with Gasteiger partial charge in [-0.15, -0.1) is 0 Å². The molecule has 2 unspecified atom stereocenters. The number of phosphoric ester groups is 1. The normalized spacial score (nSPS) is 37.6. The van der Waals surface area contributed by atoms with Crippen LogP contribution in [0.5, 0.6) is 0 Å². The number of ether oxygens (including phenoxy) is 2. The van der Waals surface area contributed by atoms with Crippen LogP contribution in [0.1, 0.15) is 18.1 Å². The van der Waals surface area contributed by atoms with Gasteiger partial charge in [-0.2, -0.15) is 0 Å². The Bertz CT molecular complexity index is 1730. The van der Waals surface area contributed by atoms with Gasteiger partial charge in [0.1, 0.15) is 43.0 Å².